The lowest BCUT2D eigenvalue weighted by molar-refractivity contribution is 0.648. The van der Waals surface area contributed by atoms with Gasteiger partial charge in [-0.1, -0.05) is 11.6 Å². The fourth-order valence-corrected chi connectivity index (χ4v) is 1.71. The fourth-order valence-electron chi connectivity index (χ4n) is 1.55. The number of imidazole rings is 1. The van der Waals surface area contributed by atoms with Crippen LogP contribution < -0.4 is 11.1 Å². The van der Waals surface area contributed by atoms with Gasteiger partial charge in [0, 0.05) is 18.9 Å². The van der Waals surface area contributed by atoms with Crippen LogP contribution in [-0.4, -0.2) is 22.5 Å². The summed E-state index contributed by atoms with van der Waals surface area (Å²) in [4.78, 5) is 4.46. The van der Waals surface area contributed by atoms with Crippen LogP contribution in [0.5, 0.6) is 0 Å². The quantitative estimate of drug-likeness (QED) is 0.775. The molecule has 0 aliphatic carbocycles. The van der Waals surface area contributed by atoms with E-state index in [9.17, 15) is 0 Å². The van der Waals surface area contributed by atoms with E-state index in [0.717, 1.165) is 30.9 Å². The summed E-state index contributed by atoms with van der Waals surface area (Å²) in [6, 6.07) is 3.75. The van der Waals surface area contributed by atoms with Crippen LogP contribution in [0, 0.1) is 0 Å². The average Bonchev–Trinajstić information content (AvgIpc) is 2.66. The van der Waals surface area contributed by atoms with E-state index in [1.54, 1.807) is 0 Å². The number of aromatic nitrogens is 2. The molecule has 2 aromatic heterocycles. The Balaban J connectivity index is 2.02. The molecule has 0 aliphatic rings. The van der Waals surface area contributed by atoms with Crippen molar-refractivity contribution in [2.24, 2.45) is 5.73 Å². The molecule has 0 unspecified atom stereocenters. The van der Waals surface area contributed by atoms with Crippen molar-refractivity contribution in [1.29, 1.82) is 0 Å². The minimum Gasteiger partial charge on any atom is -0.330 e. The molecule has 0 spiro atoms. The van der Waals surface area contributed by atoms with Crippen LogP contribution in [0.4, 0.5) is 0 Å². The Morgan fingerprint density at radius 2 is 2.25 bits per heavy atom. The molecule has 0 fully saturated rings. The maximum Gasteiger partial charge on any atom is 0.137 e. The lowest BCUT2D eigenvalue weighted by Gasteiger charge is -1.99. The average molecular weight is 239 g/mol. The summed E-state index contributed by atoms with van der Waals surface area (Å²) in [5.41, 5.74) is 7.34. The first-order valence-electron chi connectivity index (χ1n) is 5.33. The number of fused-ring (bicyclic) bond motifs is 1. The molecule has 0 atom stereocenters. The Bertz CT molecular complexity index is 466. The highest BCUT2D eigenvalue weighted by molar-refractivity contribution is 6.30. The zero-order valence-corrected chi connectivity index (χ0v) is 9.74. The molecule has 0 saturated carbocycles. The number of hydrogen-bond acceptors (Lipinski definition) is 3. The van der Waals surface area contributed by atoms with Crippen LogP contribution in [-0.2, 0) is 6.54 Å². The van der Waals surface area contributed by atoms with Crippen LogP contribution in [0.3, 0.4) is 0 Å². The molecule has 0 amide bonds. The van der Waals surface area contributed by atoms with Gasteiger partial charge in [0.15, 0.2) is 0 Å². The van der Waals surface area contributed by atoms with Gasteiger partial charge in [-0.3, -0.25) is 0 Å². The standard InChI is InChI=1S/C11H15ClN4/c12-9-2-3-11-15-10(8-16(11)7-9)6-14-5-1-4-13/h2-3,7-8,14H,1,4-6,13H2. The van der Waals surface area contributed by atoms with Crippen LogP contribution in [0.25, 0.3) is 5.65 Å². The van der Waals surface area contributed by atoms with Crippen molar-refractivity contribution in [2.45, 2.75) is 13.0 Å². The van der Waals surface area contributed by atoms with Crippen molar-refractivity contribution in [3.8, 4) is 0 Å². The van der Waals surface area contributed by atoms with Gasteiger partial charge in [0.25, 0.3) is 0 Å². The normalized spacial score (nSPS) is 11.1. The lowest BCUT2D eigenvalue weighted by atomic mass is 10.4. The van der Waals surface area contributed by atoms with Gasteiger partial charge in [-0.15, -0.1) is 0 Å². The van der Waals surface area contributed by atoms with Crippen LogP contribution in [0.2, 0.25) is 5.02 Å². The summed E-state index contributed by atoms with van der Waals surface area (Å²) in [5, 5.41) is 4.00. The van der Waals surface area contributed by atoms with Crippen molar-refractivity contribution >= 4 is 17.2 Å². The highest BCUT2D eigenvalue weighted by Gasteiger charge is 2.01. The number of nitrogens with zero attached hydrogens (tertiary/aromatic N) is 2. The van der Waals surface area contributed by atoms with E-state index in [0.29, 0.717) is 11.6 Å². The van der Waals surface area contributed by atoms with Crippen LogP contribution >= 0.6 is 11.6 Å². The Morgan fingerprint density at radius 3 is 3.06 bits per heavy atom. The van der Waals surface area contributed by atoms with Gasteiger partial charge in [0.1, 0.15) is 5.65 Å². The minimum atomic E-state index is 0.715. The third kappa shape index (κ3) is 2.72. The summed E-state index contributed by atoms with van der Waals surface area (Å²) in [5.74, 6) is 0. The second-order valence-corrected chi connectivity index (χ2v) is 4.10. The van der Waals surface area contributed by atoms with E-state index in [1.807, 2.05) is 28.9 Å². The largest absolute Gasteiger partial charge is 0.330 e. The van der Waals surface area contributed by atoms with Gasteiger partial charge in [0.05, 0.1) is 10.7 Å². The van der Waals surface area contributed by atoms with E-state index in [4.69, 9.17) is 17.3 Å². The van der Waals surface area contributed by atoms with Crippen molar-refractivity contribution in [1.82, 2.24) is 14.7 Å². The summed E-state index contributed by atoms with van der Waals surface area (Å²) in [6.45, 7) is 2.40. The Hall–Kier alpha value is -1.10. The second kappa shape index (κ2) is 5.30. The first kappa shape index (κ1) is 11.4. The molecule has 0 bridgehead atoms. The number of rotatable bonds is 5. The van der Waals surface area contributed by atoms with Gasteiger partial charge in [-0.2, -0.15) is 0 Å². The monoisotopic (exact) mass is 238 g/mol. The predicted octanol–water partition coefficient (Wildman–Crippen LogP) is 1.43. The molecular weight excluding hydrogens is 224 g/mol. The van der Waals surface area contributed by atoms with E-state index in [1.165, 1.54) is 0 Å². The van der Waals surface area contributed by atoms with E-state index in [-0.39, 0.29) is 0 Å². The Kier molecular flexibility index (Phi) is 3.77. The molecule has 3 N–H and O–H groups in total. The van der Waals surface area contributed by atoms with Gasteiger partial charge in [-0.25, -0.2) is 4.98 Å². The summed E-state index contributed by atoms with van der Waals surface area (Å²) >= 11 is 5.90. The molecule has 0 saturated heterocycles. The second-order valence-electron chi connectivity index (χ2n) is 3.66. The summed E-state index contributed by atoms with van der Waals surface area (Å²) < 4.78 is 1.93. The molecule has 4 nitrogen and oxygen atoms in total. The fraction of sp³-hybridized carbons (Fsp3) is 0.364. The Labute approximate surface area is 99.4 Å². The number of halogens is 1. The van der Waals surface area contributed by atoms with E-state index >= 15 is 0 Å². The molecule has 0 radical (unpaired) electrons. The number of pyridine rings is 1. The van der Waals surface area contributed by atoms with Crippen molar-refractivity contribution in [3.63, 3.8) is 0 Å². The van der Waals surface area contributed by atoms with Crippen molar-refractivity contribution in [2.75, 3.05) is 13.1 Å². The van der Waals surface area contributed by atoms with Crippen LogP contribution in [0.15, 0.2) is 24.5 Å². The lowest BCUT2D eigenvalue weighted by Crippen LogP contribution is -2.17. The highest BCUT2D eigenvalue weighted by Crippen LogP contribution is 2.11. The molecule has 0 aromatic carbocycles. The minimum absolute atomic E-state index is 0.715. The first-order valence-corrected chi connectivity index (χ1v) is 5.71. The van der Waals surface area contributed by atoms with Gasteiger partial charge < -0.3 is 15.5 Å². The van der Waals surface area contributed by atoms with Gasteiger partial charge in [-0.05, 0) is 31.6 Å². The molecule has 86 valence electrons. The maximum absolute atomic E-state index is 5.90. The summed E-state index contributed by atoms with van der Waals surface area (Å²) in [7, 11) is 0. The molecule has 0 aliphatic heterocycles. The zero-order chi connectivity index (χ0) is 11.4. The summed E-state index contributed by atoms with van der Waals surface area (Å²) in [6.07, 6.45) is 4.82. The molecule has 2 heterocycles. The molecular formula is C11H15ClN4. The van der Waals surface area contributed by atoms with E-state index < -0.39 is 0 Å². The van der Waals surface area contributed by atoms with Gasteiger partial charge >= 0.3 is 0 Å². The van der Waals surface area contributed by atoms with Gasteiger partial charge in [0.2, 0.25) is 0 Å². The zero-order valence-electron chi connectivity index (χ0n) is 8.99. The predicted molar refractivity (Wildman–Crippen MR) is 65.6 cm³/mol. The molecule has 2 aromatic rings. The molecule has 16 heavy (non-hydrogen) atoms. The van der Waals surface area contributed by atoms with Crippen LogP contribution in [0.1, 0.15) is 12.1 Å². The molecule has 5 heteroatoms. The van der Waals surface area contributed by atoms with Crippen molar-refractivity contribution in [3.05, 3.63) is 35.2 Å². The topological polar surface area (TPSA) is 55.3 Å². The molecule has 2 rings (SSSR count). The SMILES string of the molecule is NCCCNCc1cn2cc(Cl)ccc2n1. The highest BCUT2D eigenvalue weighted by atomic mass is 35.5. The van der Waals surface area contributed by atoms with Crippen molar-refractivity contribution < 1.29 is 0 Å². The third-order valence-electron chi connectivity index (χ3n) is 2.33. The van der Waals surface area contributed by atoms with E-state index in [2.05, 4.69) is 10.3 Å². The number of nitrogens with two attached hydrogens (primary N) is 1. The smallest absolute Gasteiger partial charge is 0.137 e. The number of hydrogen-bond donors (Lipinski definition) is 2. The maximum atomic E-state index is 5.90. The number of nitrogens with one attached hydrogen (secondary N) is 1. The Morgan fingerprint density at radius 1 is 1.38 bits per heavy atom. The third-order valence-corrected chi connectivity index (χ3v) is 2.55. The first-order chi connectivity index (χ1) is 7.79.